The molecule has 1 unspecified atom stereocenters. The fourth-order valence-electron chi connectivity index (χ4n) is 4.82. The highest BCUT2D eigenvalue weighted by atomic mass is 16.5. The summed E-state index contributed by atoms with van der Waals surface area (Å²) in [5, 5.41) is 11.4. The summed E-state index contributed by atoms with van der Waals surface area (Å²) < 4.78 is 8.53. The fraction of sp³-hybridized carbons (Fsp3) is 0.423. The summed E-state index contributed by atoms with van der Waals surface area (Å²) >= 11 is 0. The summed E-state index contributed by atoms with van der Waals surface area (Å²) in [6.07, 6.45) is -1.06. The van der Waals surface area contributed by atoms with Gasteiger partial charge < -0.3 is 19.3 Å². The Kier molecular flexibility index (Phi) is 5.13. The lowest BCUT2D eigenvalue weighted by atomic mass is 9.87. The van der Waals surface area contributed by atoms with Crippen LogP contribution in [0.25, 0.3) is 22.0 Å². The highest BCUT2D eigenvalue weighted by molar-refractivity contribution is 6.07. The maximum Gasteiger partial charge on any atom is 0.337 e. The number of likely N-dealkylation sites (N-methyl/N-ethyl adjacent to an activating group) is 1. The molecule has 1 atom stereocenters. The second kappa shape index (κ2) is 7.41. The number of ether oxygens (including phenoxy) is 1. The standard InChI is InChI=1S/C26H32N2O3/c1-15-8-10-18(11-9-15)21-19-14-16(2)28-13-12-27(7)22(23(19)28)17(3)20(21)24(25(29)30)31-26(4,5)6/h8-11,14,24H,12-13H2,1-7H3,(H,29,30). The van der Waals surface area contributed by atoms with Crippen LogP contribution in [0.4, 0.5) is 5.69 Å². The van der Waals surface area contributed by atoms with Gasteiger partial charge in [0.05, 0.1) is 16.8 Å². The van der Waals surface area contributed by atoms with Gasteiger partial charge in [-0.2, -0.15) is 0 Å². The minimum atomic E-state index is -1.06. The molecule has 1 aromatic heterocycles. The van der Waals surface area contributed by atoms with E-state index < -0.39 is 17.7 Å². The summed E-state index contributed by atoms with van der Waals surface area (Å²) in [4.78, 5) is 14.8. The van der Waals surface area contributed by atoms with Gasteiger partial charge in [-0.3, -0.25) is 0 Å². The van der Waals surface area contributed by atoms with E-state index >= 15 is 0 Å². The molecule has 31 heavy (non-hydrogen) atoms. The molecule has 0 saturated heterocycles. The normalized spacial score (nSPS) is 14.9. The molecule has 164 valence electrons. The molecule has 0 aliphatic carbocycles. The Morgan fingerprint density at radius 1 is 1.10 bits per heavy atom. The molecule has 0 spiro atoms. The van der Waals surface area contributed by atoms with Crippen molar-refractivity contribution < 1.29 is 14.6 Å². The van der Waals surface area contributed by atoms with Crippen LogP contribution < -0.4 is 4.90 Å². The van der Waals surface area contributed by atoms with E-state index in [0.29, 0.717) is 0 Å². The molecular weight excluding hydrogens is 388 g/mol. The van der Waals surface area contributed by atoms with Gasteiger partial charge in [0.15, 0.2) is 6.10 Å². The summed E-state index contributed by atoms with van der Waals surface area (Å²) in [5.41, 5.74) is 7.76. The van der Waals surface area contributed by atoms with E-state index in [1.54, 1.807) is 0 Å². The first-order valence-electron chi connectivity index (χ1n) is 10.8. The van der Waals surface area contributed by atoms with Crippen molar-refractivity contribution in [3.05, 3.63) is 52.7 Å². The highest BCUT2D eigenvalue weighted by Gasteiger charge is 2.35. The quantitative estimate of drug-likeness (QED) is 0.595. The zero-order chi connectivity index (χ0) is 22.7. The van der Waals surface area contributed by atoms with Gasteiger partial charge in [-0.25, -0.2) is 4.79 Å². The summed E-state index contributed by atoms with van der Waals surface area (Å²) in [5.74, 6) is -0.965. The first-order chi connectivity index (χ1) is 14.5. The van der Waals surface area contributed by atoms with Crippen LogP contribution in [0, 0.1) is 20.8 Å². The number of carboxylic acids is 1. The van der Waals surface area contributed by atoms with Gasteiger partial charge in [-0.05, 0) is 64.3 Å². The van der Waals surface area contributed by atoms with Crippen molar-refractivity contribution in [2.24, 2.45) is 0 Å². The van der Waals surface area contributed by atoms with Crippen molar-refractivity contribution in [1.82, 2.24) is 4.57 Å². The smallest absolute Gasteiger partial charge is 0.337 e. The molecule has 1 aliphatic heterocycles. The average Bonchev–Trinajstić information content (AvgIpc) is 3.00. The molecule has 2 aromatic carbocycles. The SMILES string of the molecule is Cc1ccc(-c2c(C(OC(C)(C)C)C(=O)O)c(C)c3c4c2cc(C)n4CCN3C)cc1. The Morgan fingerprint density at radius 3 is 2.32 bits per heavy atom. The predicted molar refractivity (Wildman–Crippen MR) is 126 cm³/mol. The monoisotopic (exact) mass is 420 g/mol. The second-order valence-electron chi connectivity index (χ2n) is 9.70. The molecule has 2 heterocycles. The first-order valence-corrected chi connectivity index (χ1v) is 10.8. The third kappa shape index (κ3) is 3.61. The number of benzene rings is 2. The van der Waals surface area contributed by atoms with E-state index in [9.17, 15) is 9.90 Å². The average molecular weight is 421 g/mol. The third-order valence-electron chi connectivity index (χ3n) is 6.17. The topological polar surface area (TPSA) is 54.7 Å². The Labute approximate surface area is 184 Å². The van der Waals surface area contributed by atoms with Crippen LogP contribution in [0.2, 0.25) is 0 Å². The molecule has 0 radical (unpaired) electrons. The molecule has 5 heteroatoms. The van der Waals surface area contributed by atoms with E-state index in [2.05, 4.69) is 60.7 Å². The zero-order valence-corrected chi connectivity index (χ0v) is 19.5. The van der Waals surface area contributed by atoms with Crippen molar-refractivity contribution in [3.8, 4) is 11.1 Å². The van der Waals surface area contributed by atoms with Gasteiger partial charge in [0.1, 0.15) is 0 Å². The maximum atomic E-state index is 12.5. The van der Waals surface area contributed by atoms with Crippen LogP contribution in [0.3, 0.4) is 0 Å². The molecule has 0 amide bonds. The van der Waals surface area contributed by atoms with E-state index in [1.165, 1.54) is 16.8 Å². The second-order valence-corrected chi connectivity index (χ2v) is 9.70. The number of hydrogen-bond donors (Lipinski definition) is 1. The number of aliphatic carboxylic acids is 1. The molecule has 5 nitrogen and oxygen atoms in total. The number of rotatable bonds is 4. The van der Waals surface area contributed by atoms with E-state index in [4.69, 9.17) is 4.74 Å². The largest absolute Gasteiger partial charge is 0.479 e. The molecule has 3 aromatic rings. The van der Waals surface area contributed by atoms with Gasteiger partial charge in [0.25, 0.3) is 0 Å². The lowest BCUT2D eigenvalue weighted by Gasteiger charge is -2.34. The van der Waals surface area contributed by atoms with Crippen LogP contribution >= 0.6 is 0 Å². The predicted octanol–water partition coefficient (Wildman–Crippen LogP) is 5.62. The van der Waals surface area contributed by atoms with Crippen LogP contribution in [-0.2, 0) is 16.1 Å². The number of nitrogens with zero attached hydrogens (tertiary/aromatic N) is 2. The molecular formula is C26H32N2O3. The lowest BCUT2D eigenvalue weighted by molar-refractivity contribution is -0.160. The van der Waals surface area contributed by atoms with Crippen molar-refractivity contribution in [2.45, 2.75) is 59.8 Å². The number of carboxylic acid groups (broad SMARTS) is 1. The third-order valence-corrected chi connectivity index (χ3v) is 6.17. The number of anilines is 1. The fourth-order valence-corrected chi connectivity index (χ4v) is 4.82. The van der Waals surface area contributed by atoms with E-state index in [-0.39, 0.29) is 0 Å². The zero-order valence-electron chi connectivity index (χ0n) is 19.5. The Morgan fingerprint density at radius 2 is 1.74 bits per heavy atom. The number of hydrogen-bond acceptors (Lipinski definition) is 3. The summed E-state index contributed by atoms with van der Waals surface area (Å²) in [6.45, 7) is 13.7. The molecule has 0 saturated carbocycles. The number of aryl methyl sites for hydroxylation is 2. The Bertz CT molecular complexity index is 1170. The van der Waals surface area contributed by atoms with Gasteiger partial charge in [-0.15, -0.1) is 0 Å². The first kappa shape index (κ1) is 21.4. The summed E-state index contributed by atoms with van der Waals surface area (Å²) in [6, 6.07) is 10.5. The highest BCUT2D eigenvalue weighted by Crippen LogP contribution is 2.47. The molecule has 1 aliphatic rings. The van der Waals surface area contributed by atoms with Gasteiger partial charge in [-0.1, -0.05) is 29.8 Å². The van der Waals surface area contributed by atoms with Gasteiger partial charge in [0, 0.05) is 36.8 Å². The van der Waals surface area contributed by atoms with Gasteiger partial charge >= 0.3 is 5.97 Å². The Hall–Kier alpha value is -2.79. The van der Waals surface area contributed by atoms with Crippen LogP contribution in [-0.4, -0.2) is 34.8 Å². The van der Waals surface area contributed by atoms with E-state index in [0.717, 1.165) is 46.4 Å². The summed E-state index contributed by atoms with van der Waals surface area (Å²) in [7, 11) is 2.09. The maximum absolute atomic E-state index is 12.5. The molecule has 4 rings (SSSR count). The number of aromatic nitrogens is 1. The molecule has 0 bridgehead atoms. The van der Waals surface area contributed by atoms with E-state index in [1.807, 2.05) is 27.7 Å². The minimum Gasteiger partial charge on any atom is -0.479 e. The van der Waals surface area contributed by atoms with Crippen molar-refractivity contribution in [1.29, 1.82) is 0 Å². The molecule has 0 fully saturated rings. The molecule has 1 N–H and O–H groups in total. The van der Waals surface area contributed by atoms with Crippen LogP contribution in [0.1, 0.15) is 49.3 Å². The van der Waals surface area contributed by atoms with Crippen molar-refractivity contribution in [2.75, 3.05) is 18.5 Å². The van der Waals surface area contributed by atoms with Crippen molar-refractivity contribution >= 4 is 22.6 Å². The van der Waals surface area contributed by atoms with Gasteiger partial charge in [0.2, 0.25) is 0 Å². The van der Waals surface area contributed by atoms with Crippen molar-refractivity contribution in [3.63, 3.8) is 0 Å². The van der Waals surface area contributed by atoms with Crippen LogP contribution in [0.5, 0.6) is 0 Å². The lowest BCUT2D eigenvalue weighted by Crippen LogP contribution is -2.31. The number of carbonyl (C=O) groups is 1. The minimum absolute atomic E-state index is 0.597. The van der Waals surface area contributed by atoms with Crippen LogP contribution in [0.15, 0.2) is 30.3 Å². The Balaban J connectivity index is 2.16.